The van der Waals surface area contributed by atoms with E-state index in [0.29, 0.717) is 15.7 Å². The summed E-state index contributed by atoms with van der Waals surface area (Å²) in [5.41, 5.74) is 2.14. The minimum Gasteiger partial charge on any atom is -0.503 e. The van der Waals surface area contributed by atoms with Crippen LogP contribution in [0.1, 0.15) is 16.7 Å². The van der Waals surface area contributed by atoms with E-state index in [2.05, 4.69) is 21.2 Å². The zero-order chi connectivity index (χ0) is 31.6. The van der Waals surface area contributed by atoms with Crippen molar-refractivity contribution in [1.29, 1.82) is 5.26 Å². The molecule has 2 N–H and O–H groups in total. The fourth-order valence-electron chi connectivity index (χ4n) is 4.07. The normalized spacial score (nSPS) is 12.7. The quantitative estimate of drug-likeness (QED) is 0.304. The molecule has 0 aliphatic carbocycles. The number of aromatic nitrogens is 1. The van der Waals surface area contributed by atoms with Gasteiger partial charge >= 0.3 is 0 Å². The van der Waals surface area contributed by atoms with Crippen molar-refractivity contribution in [1.82, 2.24) is 8.87 Å². The molecule has 10 nitrogen and oxygen atoms in total. The van der Waals surface area contributed by atoms with Gasteiger partial charge in [-0.25, -0.2) is 12.7 Å². The fourth-order valence-corrected chi connectivity index (χ4v) is 6.57. The van der Waals surface area contributed by atoms with Crippen LogP contribution in [-0.4, -0.2) is 49.5 Å². The second-order valence-electron chi connectivity index (χ2n) is 9.63. The van der Waals surface area contributed by atoms with E-state index in [1.807, 2.05) is 26.0 Å². The number of hydrogen-bond acceptors (Lipinski definition) is 8. The third-order valence-electron chi connectivity index (χ3n) is 6.56. The van der Waals surface area contributed by atoms with E-state index in [1.165, 1.54) is 57.6 Å². The van der Waals surface area contributed by atoms with Gasteiger partial charge < -0.3 is 15.2 Å². The van der Waals surface area contributed by atoms with Crippen molar-refractivity contribution in [3.8, 4) is 23.3 Å². The molecule has 1 amide bonds. The first-order valence-corrected chi connectivity index (χ1v) is 15.7. The third kappa shape index (κ3) is 6.42. The molecule has 0 saturated heterocycles. The van der Waals surface area contributed by atoms with Gasteiger partial charge in [-0.1, -0.05) is 12.1 Å². The number of carbonyl (C=O) groups excluding carboxylic acids is 1. The van der Waals surface area contributed by atoms with Gasteiger partial charge in [-0.05, 0) is 95.0 Å². The summed E-state index contributed by atoms with van der Waals surface area (Å²) >= 11 is 4.16. The summed E-state index contributed by atoms with van der Waals surface area (Å²) in [5, 5.41) is 23.1. The molecule has 0 spiro atoms. The Labute approximate surface area is 260 Å². The number of anilines is 1. The number of benzene rings is 3. The number of halogens is 1. The molecule has 13 heteroatoms. The van der Waals surface area contributed by atoms with Gasteiger partial charge in [0.05, 0.1) is 26.7 Å². The van der Waals surface area contributed by atoms with Crippen LogP contribution in [-0.2, 0) is 14.8 Å². The zero-order valence-corrected chi connectivity index (χ0v) is 27.0. The highest BCUT2D eigenvalue weighted by molar-refractivity contribution is 9.10. The van der Waals surface area contributed by atoms with Crippen LogP contribution >= 0.6 is 27.3 Å². The summed E-state index contributed by atoms with van der Waals surface area (Å²) in [5.74, 6) is -0.694. The number of ether oxygens (including phenoxy) is 1. The number of aryl methyl sites for hydroxylation is 2. The van der Waals surface area contributed by atoms with Gasteiger partial charge in [-0.3, -0.25) is 14.2 Å². The summed E-state index contributed by atoms with van der Waals surface area (Å²) < 4.78 is 33.6. The number of nitrogens with one attached hydrogen (secondary N) is 1. The number of amides is 1. The smallest absolute Gasteiger partial charge is 0.273 e. The molecule has 0 bridgehead atoms. The first kappa shape index (κ1) is 31.7. The van der Waals surface area contributed by atoms with Crippen molar-refractivity contribution >= 4 is 60.5 Å². The van der Waals surface area contributed by atoms with E-state index >= 15 is 0 Å². The molecule has 0 aliphatic rings. The number of nitriles is 1. The molecular weight excluding hydrogens is 656 g/mol. The summed E-state index contributed by atoms with van der Waals surface area (Å²) in [4.78, 5) is 27.3. The highest BCUT2D eigenvalue weighted by Crippen LogP contribution is 2.35. The number of aromatic hydroxyl groups is 1. The monoisotopic (exact) mass is 682 g/mol. The molecule has 0 fully saturated rings. The Morgan fingerprint density at radius 1 is 1.14 bits per heavy atom. The number of hydrogen-bond donors (Lipinski definition) is 2. The maximum absolute atomic E-state index is 13.9. The molecule has 222 valence electrons. The van der Waals surface area contributed by atoms with Gasteiger partial charge in [-0.15, -0.1) is 11.3 Å². The summed E-state index contributed by atoms with van der Waals surface area (Å²) in [7, 11) is 0.303. The number of methoxy groups -OCH3 is 1. The lowest BCUT2D eigenvalue weighted by Gasteiger charge is -2.12. The van der Waals surface area contributed by atoms with Crippen LogP contribution in [0.3, 0.4) is 0 Å². The van der Waals surface area contributed by atoms with E-state index in [9.17, 15) is 28.4 Å². The zero-order valence-electron chi connectivity index (χ0n) is 23.8. The van der Waals surface area contributed by atoms with Crippen LogP contribution in [0, 0.1) is 25.2 Å². The van der Waals surface area contributed by atoms with E-state index in [-0.39, 0.29) is 36.9 Å². The Kier molecular flexibility index (Phi) is 9.26. The number of thiazole rings is 1. The van der Waals surface area contributed by atoms with E-state index < -0.39 is 21.5 Å². The van der Waals surface area contributed by atoms with Crippen molar-refractivity contribution in [2.75, 3.05) is 26.5 Å². The average Bonchev–Trinajstić information content (AvgIpc) is 3.27. The van der Waals surface area contributed by atoms with Crippen molar-refractivity contribution in [2.24, 2.45) is 0 Å². The summed E-state index contributed by atoms with van der Waals surface area (Å²) in [6.45, 7) is 3.83. The Morgan fingerprint density at radius 2 is 1.86 bits per heavy atom. The van der Waals surface area contributed by atoms with Gasteiger partial charge in [0, 0.05) is 19.8 Å². The van der Waals surface area contributed by atoms with Crippen LogP contribution in [0.25, 0.3) is 17.3 Å². The molecule has 0 radical (unpaired) electrons. The van der Waals surface area contributed by atoms with Crippen molar-refractivity contribution < 1.29 is 23.1 Å². The Bertz CT molecular complexity index is 2090. The SMILES string of the molecule is COc1cc(C=c2sc(=C(C#N)C(=O)Nc3ccc(C)c(C)c3)n(-c3cccc(S(=O)(=O)N(C)C)c3)c2=O)cc(Br)c1O. The van der Waals surface area contributed by atoms with Gasteiger partial charge in [-0.2, -0.15) is 5.26 Å². The van der Waals surface area contributed by atoms with Crippen molar-refractivity contribution in [2.45, 2.75) is 18.7 Å². The lowest BCUT2D eigenvalue weighted by atomic mass is 10.1. The first-order chi connectivity index (χ1) is 20.3. The van der Waals surface area contributed by atoms with Crippen LogP contribution in [0.15, 0.2) is 68.8 Å². The standard InChI is InChI=1S/C30H27BrN4O6S2/c1-17-9-10-20(11-18(17)2)33-28(37)23(16-32)30-35(21-7-6-8-22(15-21)43(39,40)34(3)4)29(38)26(42-30)14-19-12-24(31)27(36)25(13-19)41-5/h6-15,36H,1-5H3,(H,33,37). The molecule has 4 rings (SSSR count). The highest BCUT2D eigenvalue weighted by Gasteiger charge is 2.21. The van der Waals surface area contributed by atoms with E-state index in [0.717, 1.165) is 31.3 Å². The largest absolute Gasteiger partial charge is 0.503 e. The van der Waals surface area contributed by atoms with Crippen LogP contribution in [0.2, 0.25) is 0 Å². The number of rotatable bonds is 7. The molecule has 0 saturated carbocycles. The minimum atomic E-state index is -3.86. The Morgan fingerprint density at radius 3 is 2.49 bits per heavy atom. The van der Waals surface area contributed by atoms with E-state index in [1.54, 1.807) is 18.2 Å². The van der Waals surface area contributed by atoms with Crippen LogP contribution < -0.4 is 24.8 Å². The molecular formula is C30H27BrN4O6S2. The maximum atomic E-state index is 13.9. The molecule has 4 aromatic rings. The number of carbonyl (C=O) groups is 1. The lowest BCUT2D eigenvalue weighted by Crippen LogP contribution is -2.32. The molecule has 1 aromatic heterocycles. The molecule has 43 heavy (non-hydrogen) atoms. The first-order valence-electron chi connectivity index (χ1n) is 12.6. The number of sulfonamides is 1. The van der Waals surface area contributed by atoms with Gasteiger partial charge in [0.1, 0.15) is 10.7 Å². The molecule has 0 unspecified atom stereocenters. The summed E-state index contributed by atoms with van der Waals surface area (Å²) in [6, 6.07) is 16.1. The van der Waals surface area contributed by atoms with Gasteiger partial charge in [0.15, 0.2) is 17.1 Å². The predicted octanol–water partition coefficient (Wildman–Crippen LogP) is 3.38. The molecule has 3 aromatic carbocycles. The number of nitrogens with zero attached hydrogens (tertiary/aromatic N) is 3. The second-order valence-corrected chi connectivity index (χ2v) is 13.7. The number of phenols is 1. The molecule has 0 aliphatic heterocycles. The van der Waals surface area contributed by atoms with Crippen LogP contribution in [0.4, 0.5) is 5.69 Å². The van der Waals surface area contributed by atoms with Crippen molar-refractivity contribution in [3.05, 3.63) is 95.3 Å². The average molecular weight is 684 g/mol. The van der Waals surface area contributed by atoms with Gasteiger partial charge in [0.25, 0.3) is 11.5 Å². The summed E-state index contributed by atoms with van der Waals surface area (Å²) in [6.07, 6.45) is 1.52. The Hall–Kier alpha value is -4.22. The predicted molar refractivity (Wildman–Crippen MR) is 170 cm³/mol. The van der Waals surface area contributed by atoms with E-state index in [4.69, 9.17) is 4.74 Å². The minimum absolute atomic E-state index is 0.00398. The molecule has 1 heterocycles. The second kappa shape index (κ2) is 12.6. The highest BCUT2D eigenvalue weighted by atomic mass is 79.9. The lowest BCUT2D eigenvalue weighted by molar-refractivity contribution is -0.111. The van der Waals surface area contributed by atoms with Gasteiger partial charge in [0.2, 0.25) is 10.0 Å². The number of phenolic OH excluding ortho intramolecular Hbond substituents is 1. The van der Waals surface area contributed by atoms with Crippen molar-refractivity contribution in [3.63, 3.8) is 0 Å². The fraction of sp³-hybridized carbons (Fsp3) is 0.167. The Balaban J connectivity index is 2.03. The van der Waals surface area contributed by atoms with Crippen LogP contribution in [0.5, 0.6) is 11.5 Å². The maximum Gasteiger partial charge on any atom is 0.273 e. The third-order valence-corrected chi connectivity index (χ3v) is 10.1. The molecule has 0 atom stereocenters. The topological polar surface area (TPSA) is 142 Å².